The van der Waals surface area contributed by atoms with E-state index in [1.807, 2.05) is 39.0 Å². The number of hydrogen-bond donors (Lipinski definition) is 0. The fourth-order valence-corrected chi connectivity index (χ4v) is 1.58. The van der Waals surface area contributed by atoms with Gasteiger partial charge in [0.2, 0.25) is 0 Å². The highest BCUT2D eigenvalue weighted by Gasteiger charge is 2.13. The molecule has 84 valence electrons. The predicted molar refractivity (Wildman–Crippen MR) is 63.6 cm³/mol. The molecule has 0 radical (unpaired) electrons. The van der Waals surface area contributed by atoms with Crippen LogP contribution in [0.3, 0.4) is 0 Å². The molecule has 0 saturated heterocycles. The Morgan fingerprint density at radius 2 is 2.06 bits per heavy atom. The molecule has 16 heavy (non-hydrogen) atoms. The van der Waals surface area contributed by atoms with Crippen molar-refractivity contribution in [2.24, 2.45) is 0 Å². The molecule has 0 N–H and O–H groups in total. The second kappa shape index (κ2) is 4.26. The summed E-state index contributed by atoms with van der Waals surface area (Å²) < 4.78 is 5.20. The minimum atomic E-state index is 0.251. The number of halogens is 1. The summed E-state index contributed by atoms with van der Waals surface area (Å²) in [6.07, 6.45) is 0. The topological polar surface area (TPSA) is 38.9 Å². The molecule has 0 spiro atoms. The smallest absolute Gasteiger partial charge is 0.259 e. The lowest BCUT2D eigenvalue weighted by Gasteiger charge is -1.99. The van der Waals surface area contributed by atoms with E-state index in [-0.39, 0.29) is 5.92 Å². The van der Waals surface area contributed by atoms with E-state index in [1.54, 1.807) is 0 Å². The van der Waals surface area contributed by atoms with Crippen molar-refractivity contribution in [3.8, 4) is 11.5 Å². The fourth-order valence-electron chi connectivity index (χ4n) is 1.38. The molecule has 2 aromatic rings. The predicted octanol–water partition coefficient (Wildman–Crippen LogP) is 3.82. The molecule has 0 aliphatic rings. The van der Waals surface area contributed by atoms with Gasteiger partial charge in [0.25, 0.3) is 5.89 Å². The number of benzene rings is 1. The summed E-state index contributed by atoms with van der Waals surface area (Å²) in [6.45, 7) is 6.04. The summed E-state index contributed by atoms with van der Waals surface area (Å²) in [6, 6.07) is 5.73. The van der Waals surface area contributed by atoms with Gasteiger partial charge in [-0.3, -0.25) is 0 Å². The molecule has 1 aromatic carbocycles. The third-order valence-electron chi connectivity index (χ3n) is 2.31. The summed E-state index contributed by atoms with van der Waals surface area (Å²) in [5.41, 5.74) is 1.91. The van der Waals surface area contributed by atoms with Crippen LogP contribution in [0, 0.1) is 6.92 Å². The van der Waals surface area contributed by atoms with Crippen molar-refractivity contribution >= 4 is 11.6 Å². The zero-order valence-electron chi connectivity index (χ0n) is 9.49. The van der Waals surface area contributed by atoms with Crippen molar-refractivity contribution in [1.29, 1.82) is 0 Å². The van der Waals surface area contributed by atoms with Crippen LogP contribution in [0.2, 0.25) is 5.02 Å². The second-order valence-electron chi connectivity index (χ2n) is 4.10. The highest BCUT2D eigenvalue weighted by molar-refractivity contribution is 6.33. The first-order valence-corrected chi connectivity index (χ1v) is 5.56. The first-order chi connectivity index (χ1) is 7.58. The maximum absolute atomic E-state index is 6.09. The molecule has 0 amide bonds. The first kappa shape index (κ1) is 11.1. The van der Waals surface area contributed by atoms with Gasteiger partial charge in [-0.25, -0.2) is 0 Å². The van der Waals surface area contributed by atoms with E-state index in [1.165, 1.54) is 0 Å². The molecule has 0 aliphatic carbocycles. The van der Waals surface area contributed by atoms with Crippen LogP contribution in [0.4, 0.5) is 0 Å². The van der Waals surface area contributed by atoms with Crippen molar-refractivity contribution in [2.75, 3.05) is 0 Å². The van der Waals surface area contributed by atoms with Gasteiger partial charge < -0.3 is 4.52 Å². The molecule has 0 atom stereocenters. The third kappa shape index (κ3) is 2.09. The highest BCUT2D eigenvalue weighted by atomic mass is 35.5. The Hall–Kier alpha value is -1.35. The Balaban J connectivity index is 2.46. The fraction of sp³-hybridized carbons (Fsp3) is 0.333. The van der Waals surface area contributed by atoms with E-state index in [0.29, 0.717) is 16.7 Å². The minimum Gasteiger partial charge on any atom is -0.334 e. The summed E-state index contributed by atoms with van der Waals surface area (Å²) >= 11 is 6.09. The number of nitrogens with zero attached hydrogens (tertiary/aromatic N) is 2. The van der Waals surface area contributed by atoms with Crippen LogP contribution in [0.15, 0.2) is 22.7 Å². The first-order valence-electron chi connectivity index (χ1n) is 5.18. The normalized spacial score (nSPS) is 11.1. The maximum Gasteiger partial charge on any atom is 0.259 e. The van der Waals surface area contributed by atoms with E-state index < -0.39 is 0 Å². The molecule has 0 bridgehead atoms. The van der Waals surface area contributed by atoms with Crippen molar-refractivity contribution in [3.05, 3.63) is 34.6 Å². The molecule has 2 rings (SSSR count). The molecule has 0 fully saturated rings. The molecule has 4 heteroatoms. The Morgan fingerprint density at radius 3 is 2.69 bits per heavy atom. The minimum absolute atomic E-state index is 0.251. The van der Waals surface area contributed by atoms with Gasteiger partial charge in [-0.15, -0.1) is 0 Å². The molecule has 0 aliphatic heterocycles. The van der Waals surface area contributed by atoms with Crippen LogP contribution >= 0.6 is 11.6 Å². The van der Waals surface area contributed by atoms with Gasteiger partial charge in [-0.1, -0.05) is 42.2 Å². The van der Waals surface area contributed by atoms with Crippen LogP contribution in [0.25, 0.3) is 11.5 Å². The summed E-state index contributed by atoms with van der Waals surface area (Å²) in [4.78, 5) is 4.32. The average Bonchev–Trinajstić information content (AvgIpc) is 2.70. The quantitative estimate of drug-likeness (QED) is 0.796. The standard InChI is InChI=1S/C12H13ClN2O/c1-7(2)11-14-12(16-15-11)9-6-8(3)4-5-10(9)13/h4-7H,1-3H3. The average molecular weight is 237 g/mol. The van der Waals surface area contributed by atoms with Crippen LogP contribution in [-0.4, -0.2) is 10.1 Å². The van der Waals surface area contributed by atoms with E-state index in [4.69, 9.17) is 16.1 Å². The van der Waals surface area contributed by atoms with Crippen LogP contribution in [0.1, 0.15) is 31.2 Å². The molecular formula is C12H13ClN2O. The lowest BCUT2D eigenvalue weighted by atomic mass is 10.1. The van der Waals surface area contributed by atoms with E-state index >= 15 is 0 Å². The third-order valence-corrected chi connectivity index (χ3v) is 2.64. The number of rotatable bonds is 2. The Labute approximate surface area is 99.4 Å². The van der Waals surface area contributed by atoms with Gasteiger partial charge >= 0.3 is 0 Å². The zero-order chi connectivity index (χ0) is 11.7. The van der Waals surface area contributed by atoms with Gasteiger partial charge in [-0.2, -0.15) is 4.98 Å². The van der Waals surface area contributed by atoms with Crippen LogP contribution in [0.5, 0.6) is 0 Å². The Kier molecular flexibility index (Phi) is 2.97. The highest BCUT2D eigenvalue weighted by Crippen LogP contribution is 2.28. The van der Waals surface area contributed by atoms with Gasteiger partial charge in [0, 0.05) is 5.92 Å². The monoisotopic (exact) mass is 236 g/mol. The van der Waals surface area contributed by atoms with Gasteiger partial charge in [0.05, 0.1) is 10.6 Å². The molecule has 3 nitrogen and oxygen atoms in total. The summed E-state index contributed by atoms with van der Waals surface area (Å²) in [5.74, 6) is 1.44. The van der Waals surface area contributed by atoms with E-state index in [2.05, 4.69) is 10.1 Å². The van der Waals surface area contributed by atoms with E-state index in [9.17, 15) is 0 Å². The van der Waals surface area contributed by atoms with Gasteiger partial charge in [0.15, 0.2) is 5.82 Å². The number of hydrogen-bond acceptors (Lipinski definition) is 3. The summed E-state index contributed by atoms with van der Waals surface area (Å²) in [7, 11) is 0. The number of aromatic nitrogens is 2. The maximum atomic E-state index is 6.09. The Bertz CT molecular complexity index is 505. The molecule has 0 saturated carbocycles. The number of aryl methyl sites for hydroxylation is 1. The van der Waals surface area contributed by atoms with Crippen molar-refractivity contribution in [2.45, 2.75) is 26.7 Å². The largest absolute Gasteiger partial charge is 0.334 e. The lowest BCUT2D eigenvalue weighted by molar-refractivity contribution is 0.419. The van der Waals surface area contributed by atoms with E-state index in [0.717, 1.165) is 11.1 Å². The molecule has 0 unspecified atom stereocenters. The summed E-state index contributed by atoms with van der Waals surface area (Å²) in [5, 5.41) is 4.55. The van der Waals surface area contributed by atoms with Gasteiger partial charge in [0.1, 0.15) is 0 Å². The van der Waals surface area contributed by atoms with Crippen molar-refractivity contribution < 1.29 is 4.52 Å². The van der Waals surface area contributed by atoms with Crippen LogP contribution < -0.4 is 0 Å². The SMILES string of the molecule is Cc1ccc(Cl)c(-c2nc(C(C)C)no2)c1. The molecule has 1 aromatic heterocycles. The van der Waals surface area contributed by atoms with Gasteiger partial charge in [-0.05, 0) is 19.1 Å². The van der Waals surface area contributed by atoms with Crippen molar-refractivity contribution in [3.63, 3.8) is 0 Å². The zero-order valence-corrected chi connectivity index (χ0v) is 10.2. The lowest BCUT2D eigenvalue weighted by Crippen LogP contribution is -1.89. The second-order valence-corrected chi connectivity index (χ2v) is 4.50. The molecular weight excluding hydrogens is 224 g/mol. The van der Waals surface area contributed by atoms with Crippen molar-refractivity contribution in [1.82, 2.24) is 10.1 Å². The van der Waals surface area contributed by atoms with Crippen LogP contribution in [-0.2, 0) is 0 Å². The Morgan fingerprint density at radius 1 is 1.31 bits per heavy atom. The molecule has 1 heterocycles.